The van der Waals surface area contributed by atoms with Crippen LogP contribution in [0, 0.1) is 17.8 Å². The molecule has 0 saturated heterocycles. The van der Waals surface area contributed by atoms with E-state index in [0.29, 0.717) is 0 Å². The summed E-state index contributed by atoms with van der Waals surface area (Å²) >= 11 is 0. The normalized spacial score (nSPS) is 26.3. The van der Waals surface area contributed by atoms with Gasteiger partial charge in [0.25, 0.3) is 0 Å². The van der Waals surface area contributed by atoms with Crippen LogP contribution >= 0.6 is 0 Å². The highest BCUT2D eigenvalue weighted by molar-refractivity contribution is 5.30. The van der Waals surface area contributed by atoms with Gasteiger partial charge >= 0.3 is 12.4 Å². The van der Waals surface area contributed by atoms with Crippen molar-refractivity contribution in [1.82, 2.24) is 0 Å². The summed E-state index contributed by atoms with van der Waals surface area (Å²) in [5.41, 5.74) is -1.23. The summed E-state index contributed by atoms with van der Waals surface area (Å²) in [5, 5.41) is 0. The van der Waals surface area contributed by atoms with E-state index in [0.717, 1.165) is 12.2 Å². The minimum atomic E-state index is -4.73. The highest BCUT2D eigenvalue weighted by Gasteiger charge is 2.47. The van der Waals surface area contributed by atoms with Crippen LogP contribution in [0.4, 0.5) is 26.3 Å². The molecule has 0 aliphatic heterocycles. The van der Waals surface area contributed by atoms with E-state index in [-0.39, 0.29) is 12.0 Å². The van der Waals surface area contributed by atoms with Gasteiger partial charge in [-0.2, -0.15) is 26.3 Å². The molecule has 98 valence electrons. The molecule has 6 heteroatoms. The van der Waals surface area contributed by atoms with Crippen molar-refractivity contribution >= 4 is 0 Å². The molecule has 1 rings (SSSR count). The molecule has 0 aromatic heterocycles. The summed E-state index contributed by atoms with van der Waals surface area (Å²) in [6.07, 6.45) is -7.37. The molecule has 0 aromatic rings. The zero-order chi connectivity index (χ0) is 13.4. The first-order valence-electron chi connectivity index (χ1n) is 5.07. The Morgan fingerprint density at radius 1 is 1.06 bits per heavy atom. The van der Waals surface area contributed by atoms with Crippen LogP contribution in [0.3, 0.4) is 0 Å². The van der Waals surface area contributed by atoms with E-state index in [9.17, 15) is 26.3 Å². The fourth-order valence-electron chi connectivity index (χ4n) is 1.83. The van der Waals surface area contributed by atoms with Crippen molar-refractivity contribution in [2.75, 3.05) is 0 Å². The van der Waals surface area contributed by atoms with Crippen molar-refractivity contribution in [2.45, 2.75) is 26.2 Å². The predicted molar refractivity (Wildman–Crippen MR) is 51.2 cm³/mol. The van der Waals surface area contributed by atoms with Gasteiger partial charge in [0.05, 0.1) is 11.5 Å². The maximum atomic E-state index is 12.7. The van der Waals surface area contributed by atoms with Crippen molar-refractivity contribution in [2.24, 2.45) is 17.8 Å². The Bertz CT molecular complexity index is 331. The molecule has 0 heterocycles. The first kappa shape index (κ1) is 14.1. The number of hydrogen-bond acceptors (Lipinski definition) is 0. The Morgan fingerprint density at radius 2 is 1.59 bits per heavy atom. The van der Waals surface area contributed by atoms with Crippen LogP contribution in [-0.2, 0) is 0 Å². The monoisotopic (exact) mass is 258 g/mol. The molecule has 0 amide bonds. The van der Waals surface area contributed by atoms with Crippen LogP contribution in [0.1, 0.15) is 13.8 Å². The molecular formula is C11H12F6. The summed E-state index contributed by atoms with van der Waals surface area (Å²) in [7, 11) is 0. The summed E-state index contributed by atoms with van der Waals surface area (Å²) < 4.78 is 75.0. The van der Waals surface area contributed by atoms with Crippen LogP contribution in [0.25, 0.3) is 0 Å². The number of halogens is 6. The highest BCUT2D eigenvalue weighted by atomic mass is 19.4. The third kappa shape index (κ3) is 3.26. The summed E-state index contributed by atoms with van der Waals surface area (Å²) in [6.45, 7) is 3.11. The molecule has 17 heavy (non-hydrogen) atoms. The Labute approximate surface area is 95.0 Å². The summed E-state index contributed by atoms with van der Waals surface area (Å²) in [4.78, 5) is 0. The predicted octanol–water partition coefficient (Wildman–Crippen LogP) is 4.50. The second kappa shape index (κ2) is 4.38. The van der Waals surface area contributed by atoms with Crippen molar-refractivity contribution < 1.29 is 26.3 Å². The van der Waals surface area contributed by atoms with Gasteiger partial charge in [0.2, 0.25) is 0 Å². The second-order valence-corrected chi connectivity index (χ2v) is 4.37. The lowest BCUT2D eigenvalue weighted by Crippen LogP contribution is -2.33. The van der Waals surface area contributed by atoms with Gasteiger partial charge in [0, 0.05) is 0 Å². The Morgan fingerprint density at radius 3 is 1.94 bits per heavy atom. The Kier molecular flexibility index (Phi) is 3.64. The fraction of sp³-hybridized carbons (Fsp3) is 0.636. The fourth-order valence-corrected chi connectivity index (χ4v) is 1.83. The number of allylic oxidation sites excluding steroid dienone is 4. The lowest BCUT2D eigenvalue weighted by atomic mass is 9.78. The van der Waals surface area contributed by atoms with E-state index in [2.05, 4.69) is 0 Å². The standard InChI is InChI=1S/C11H12F6/c1-6(2)8-4-3-7(10(12,13)14)5-9(8)11(15,16)17/h3-6,8-9H,1-2H3. The van der Waals surface area contributed by atoms with Crippen molar-refractivity contribution in [3.8, 4) is 0 Å². The SMILES string of the molecule is CC(C)C1C=CC(C(F)(F)F)=CC1C(F)(F)F. The smallest absolute Gasteiger partial charge is 0.170 e. The van der Waals surface area contributed by atoms with Crippen LogP contribution in [0.2, 0.25) is 0 Å². The zero-order valence-electron chi connectivity index (χ0n) is 9.23. The van der Waals surface area contributed by atoms with Crippen molar-refractivity contribution in [1.29, 1.82) is 0 Å². The molecule has 2 unspecified atom stereocenters. The van der Waals surface area contributed by atoms with Gasteiger partial charge in [-0.3, -0.25) is 0 Å². The molecule has 1 aliphatic rings. The zero-order valence-corrected chi connectivity index (χ0v) is 9.23. The van der Waals surface area contributed by atoms with Crippen LogP contribution in [0.15, 0.2) is 23.8 Å². The molecule has 0 saturated carbocycles. The second-order valence-electron chi connectivity index (χ2n) is 4.37. The third-order valence-corrected chi connectivity index (χ3v) is 2.75. The lowest BCUT2D eigenvalue weighted by molar-refractivity contribution is -0.175. The van der Waals surface area contributed by atoms with Gasteiger partial charge in [0.15, 0.2) is 0 Å². The van der Waals surface area contributed by atoms with E-state index in [4.69, 9.17) is 0 Å². The number of hydrogen-bond donors (Lipinski definition) is 0. The van der Waals surface area contributed by atoms with E-state index < -0.39 is 29.8 Å². The quantitative estimate of drug-likeness (QED) is 0.607. The molecular weight excluding hydrogens is 246 g/mol. The van der Waals surface area contributed by atoms with Crippen molar-refractivity contribution in [3.63, 3.8) is 0 Å². The first-order chi connectivity index (χ1) is 7.53. The van der Waals surface area contributed by atoms with Gasteiger partial charge in [0.1, 0.15) is 0 Å². The van der Waals surface area contributed by atoms with Gasteiger partial charge in [-0.25, -0.2) is 0 Å². The van der Waals surface area contributed by atoms with Gasteiger partial charge in [-0.05, 0) is 11.8 Å². The average molecular weight is 258 g/mol. The number of alkyl halides is 6. The van der Waals surface area contributed by atoms with Crippen LogP contribution in [-0.4, -0.2) is 12.4 Å². The maximum absolute atomic E-state index is 12.7. The van der Waals surface area contributed by atoms with Gasteiger partial charge in [-0.15, -0.1) is 0 Å². The van der Waals surface area contributed by atoms with Crippen LogP contribution < -0.4 is 0 Å². The Hall–Kier alpha value is -0.940. The first-order valence-corrected chi connectivity index (χ1v) is 5.07. The molecule has 0 bridgehead atoms. The third-order valence-electron chi connectivity index (χ3n) is 2.75. The van der Waals surface area contributed by atoms with E-state index in [1.165, 1.54) is 0 Å². The lowest BCUT2D eigenvalue weighted by Gasteiger charge is -2.31. The molecule has 1 aliphatic carbocycles. The van der Waals surface area contributed by atoms with Crippen LogP contribution in [0.5, 0.6) is 0 Å². The Balaban J connectivity index is 3.10. The molecule has 0 radical (unpaired) electrons. The minimum Gasteiger partial charge on any atom is -0.170 e. The minimum absolute atomic E-state index is 0.282. The molecule has 2 atom stereocenters. The van der Waals surface area contributed by atoms with E-state index in [1.807, 2.05) is 0 Å². The average Bonchev–Trinajstić information content (AvgIpc) is 2.14. The van der Waals surface area contributed by atoms with Gasteiger partial charge < -0.3 is 0 Å². The molecule has 0 fully saturated rings. The van der Waals surface area contributed by atoms with E-state index >= 15 is 0 Å². The highest BCUT2D eigenvalue weighted by Crippen LogP contribution is 2.43. The summed E-state index contributed by atoms with van der Waals surface area (Å²) in [5.74, 6) is -3.38. The maximum Gasteiger partial charge on any atom is 0.416 e. The molecule has 0 nitrogen and oxygen atoms in total. The topological polar surface area (TPSA) is 0 Å². The summed E-state index contributed by atoms with van der Waals surface area (Å²) in [6, 6.07) is 0. The largest absolute Gasteiger partial charge is 0.416 e. The molecule has 0 spiro atoms. The van der Waals surface area contributed by atoms with E-state index in [1.54, 1.807) is 13.8 Å². The van der Waals surface area contributed by atoms with Crippen molar-refractivity contribution in [3.05, 3.63) is 23.8 Å². The molecule has 0 aromatic carbocycles. The number of rotatable bonds is 1. The molecule has 0 N–H and O–H groups in total. The van der Waals surface area contributed by atoms with Gasteiger partial charge in [-0.1, -0.05) is 32.1 Å².